The van der Waals surface area contributed by atoms with Gasteiger partial charge in [0, 0.05) is 24.0 Å². The van der Waals surface area contributed by atoms with Gasteiger partial charge in [0.05, 0.1) is 6.10 Å². The van der Waals surface area contributed by atoms with E-state index in [-0.39, 0.29) is 11.9 Å². The van der Waals surface area contributed by atoms with E-state index in [1.165, 1.54) is 0 Å². The summed E-state index contributed by atoms with van der Waals surface area (Å²) < 4.78 is 7.76. The molecular weight excluding hydrogens is 316 g/mol. The molecule has 1 amide bonds. The molecule has 0 radical (unpaired) electrons. The van der Waals surface area contributed by atoms with E-state index in [4.69, 9.17) is 4.74 Å². The molecule has 0 atom stereocenters. The molecule has 6 heteroatoms. The van der Waals surface area contributed by atoms with E-state index in [1.807, 2.05) is 24.3 Å². The number of unbranched alkanes of at least 4 members (excludes halogenated alkanes) is 1. The third-order valence-electron chi connectivity index (χ3n) is 4.90. The third-order valence-corrected chi connectivity index (χ3v) is 4.90. The highest BCUT2D eigenvalue weighted by molar-refractivity contribution is 5.98. The lowest BCUT2D eigenvalue weighted by Crippen LogP contribution is -2.39. The smallest absolute Gasteiger partial charge is 0.274 e. The van der Waals surface area contributed by atoms with Gasteiger partial charge >= 0.3 is 0 Å². The summed E-state index contributed by atoms with van der Waals surface area (Å²) in [6.45, 7) is 6.95. The molecule has 1 fully saturated rings. The zero-order valence-corrected chi connectivity index (χ0v) is 15.4. The first-order valence-corrected chi connectivity index (χ1v) is 9.32. The summed E-state index contributed by atoms with van der Waals surface area (Å²) in [5.74, 6) is -0.129. The first-order valence-electron chi connectivity index (χ1n) is 9.32. The van der Waals surface area contributed by atoms with Crippen molar-refractivity contribution in [2.24, 2.45) is 0 Å². The lowest BCUT2D eigenvalue weighted by molar-refractivity contribution is 0.0209. The molecule has 0 saturated heterocycles. The van der Waals surface area contributed by atoms with Crippen LogP contribution in [0.15, 0.2) is 12.4 Å². The quantitative estimate of drug-likeness (QED) is 0.817. The number of amides is 1. The predicted octanol–water partition coefficient (Wildman–Crippen LogP) is 3.20. The molecule has 1 N–H and O–H groups in total. The molecule has 136 valence electrons. The van der Waals surface area contributed by atoms with Crippen molar-refractivity contribution in [1.82, 2.24) is 19.7 Å². The number of aryl methyl sites for hydroxylation is 2. The molecule has 0 spiro atoms. The highest BCUT2D eigenvalue weighted by atomic mass is 16.5. The Balaban J connectivity index is 1.59. The Kier molecular flexibility index (Phi) is 5.68. The highest BCUT2D eigenvalue weighted by Crippen LogP contribution is 2.22. The summed E-state index contributed by atoms with van der Waals surface area (Å²) >= 11 is 0. The molecular formula is C19H28N4O2. The fourth-order valence-electron chi connectivity index (χ4n) is 3.46. The first kappa shape index (κ1) is 17.9. The van der Waals surface area contributed by atoms with E-state index in [0.29, 0.717) is 17.4 Å². The van der Waals surface area contributed by atoms with Crippen molar-refractivity contribution >= 4 is 11.6 Å². The average molecular weight is 344 g/mol. The van der Waals surface area contributed by atoms with E-state index >= 15 is 0 Å². The summed E-state index contributed by atoms with van der Waals surface area (Å²) in [6, 6.07) is 2.18. The van der Waals surface area contributed by atoms with Crippen LogP contribution in [0.1, 0.15) is 67.3 Å². The SMILES string of the molecule is CCCCO[C@H]1CC[C@H](NC(=O)c2ncn3c(C)cc(C)nc23)CC1. The zero-order valence-electron chi connectivity index (χ0n) is 15.4. The van der Waals surface area contributed by atoms with Crippen molar-refractivity contribution in [1.29, 1.82) is 0 Å². The minimum Gasteiger partial charge on any atom is -0.378 e. The topological polar surface area (TPSA) is 68.5 Å². The number of hydrogen-bond donors (Lipinski definition) is 1. The molecule has 0 bridgehead atoms. The number of carbonyl (C=O) groups excluding carboxylic acids is 1. The Morgan fingerprint density at radius 3 is 2.80 bits per heavy atom. The molecule has 0 aromatic carbocycles. The van der Waals surface area contributed by atoms with Crippen LogP contribution in [-0.4, -0.2) is 39.0 Å². The average Bonchev–Trinajstić information content (AvgIpc) is 3.01. The number of imidazole rings is 1. The summed E-state index contributed by atoms with van der Waals surface area (Å²) in [7, 11) is 0. The maximum Gasteiger partial charge on any atom is 0.274 e. The normalized spacial score (nSPS) is 20.8. The van der Waals surface area contributed by atoms with Gasteiger partial charge in [0.15, 0.2) is 11.3 Å². The summed E-state index contributed by atoms with van der Waals surface area (Å²) in [4.78, 5) is 21.4. The fraction of sp³-hybridized carbons (Fsp3) is 0.632. The van der Waals surface area contributed by atoms with Gasteiger partial charge in [-0.15, -0.1) is 0 Å². The van der Waals surface area contributed by atoms with Crippen LogP contribution in [0.4, 0.5) is 0 Å². The van der Waals surface area contributed by atoms with Crippen LogP contribution in [0, 0.1) is 13.8 Å². The number of nitrogens with one attached hydrogen (secondary N) is 1. The second kappa shape index (κ2) is 7.95. The van der Waals surface area contributed by atoms with Gasteiger partial charge in [-0.25, -0.2) is 9.97 Å². The minimum absolute atomic E-state index is 0.129. The van der Waals surface area contributed by atoms with Gasteiger partial charge in [0.2, 0.25) is 0 Å². The predicted molar refractivity (Wildman–Crippen MR) is 96.8 cm³/mol. The second-order valence-electron chi connectivity index (χ2n) is 7.00. The fourth-order valence-corrected chi connectivity index (χ4v) is 3.46. The number of aromatic nitrogens is 3. The lowest BCUT2D eigenvalue weighted by Gasteiger charge is -2.29. The lowest BCUT2D eigenvalue weighted by atomic mass is 9.93. The van der Waals surface area contributed by atoms with Crippen molar-refractivity contribution in [3.05, 3.63) is 29.5 Å². The maximum atomic E-state index is 12.6. The van der Waals surface area contributed by atoms with Crippen LogP contribution >= 0.6 is 0 Å². The van der Waals surface area contributed by atoms with Crippen LogP contribution in [0.25, 0.3) is 5.65 Å². The van der Waals surface area contributed by atoms with E-state index < -0.39 is 0 Å². The van der Waals surface area contributed by atoms with Gasteiger partial charge in [-0.2, -0.15) is 0 Å². The standard InChI is InChI=1S/C19H28N4O2/c1-4-5-10-25-16-8-6-15(7-9-16)22-19(24)17-18-21-13(2)11-14(3)23(18)12-20-17/h11-12,15-16H,4-10H2,1-3H3,(H,22,24)/t15-,16-. The van der Waals surface area contributed by atoms with Crippen molar-refractivity contribution in [3.63, 3.8) is 0 Å². The van der Waals surface area contributed by atoms with Crippen LogP contribution < -0.4 is 5.32 Å². The molecule has 3 rings (SSSR count). The Morgan fingerprint density at radius 2 is 2.08 bits per heavy atom. The van der Waals surface area contributed by atoms with E-state index in [0.717, 1.165) is 56.5 Å². The van der Waals surface area contributed by atoms with Gasteiger partial charge in [-0.3, -0.25) is 9.20 Å². The molecule has 25 heavy (non-hydrogen) atoms. The van der Waals surface area contributed by atoms with Gasteiger partial charge in [-0.1, -0.05) is 13.3 Å². The largest absolute Gasteiger partial charge is 0.378 e. The minimum atomic E-state index is -0.129. The number of carbonyl (C=O) groups is 1. The Hall–Kier alpha value is -1.95. The maximum absolute atomic E-state index is 12.6. The van der Waals surface area contributed by atoms with E-state index in [9.17, 15) is 4.79 Å². The molecule has 2 heterocycles. The number of fused-ring (bicyclic) bond motifs is 1. The summed E-state index contributed by atoms with van der Waals surface area (Å²) in [6.07, 6.45) is 8.24. The molecule has 6 nitrogen and oxygen atoms in total. The Labute approximate surface area is 149 Å². The number of rotatable bonds is 6. The molecule has 1 aliphatic carbocycles. The zero-order chi connectivity index (χ0) is 17.8. The van der Waals surface area contributed by atoms with E-state index in [1.54, 1.807) is 6.33 Å². The molecule has 0 unspecified atom stereocenters. The number of ether oxygens (including phenoxy) is 1. The second-order valence-corrected chi connectivity index (χ2v) is 7.00. The Bertz CT molecular complexity index is 732. The van der Waals surface area contributed by atoms with Crippen LogP contribution in [0.3, 0.4) is 0 Å². The van der Waals surface area contributed by atoms with Gasteiger partial charge in [-0.05, 0) is 52.0 Å². The molecule has 2 aromatic heterocycles. The third kappa shape index (κ3) is 4.18. The van der Waals surface area contributed by atoms with Crippen molar-refractivity contribution in [3.8, 4) is 0 Å². The molecule has 1 saturated carbocycles. The molecule has 2 aromatic rings. The van der Waals surface area contributed by atoms with Crippen molar-refractivity contribution < 1.29 is 9.53 Å². The number of hydrogen-bond acceptors (Lipinski definition) is 4. The van der Waals surface area contributed by atoms with Gasteiger partial charge < -0.3 is 10.1 Å². The monoisotopic (exact) mass is 344 g/mol. The van der Waals surface area contributed by atoms with Crippen molar-refractivity contribution in [2.45, 2.75) is 71.4 Å². The van der Waals surface area contributed by atoms with Crippen LogP contribution in [0.5, 0.6) is 0 Å². The van der Waals surface area contributed by atoms with E-state index in [2.05, 4.69) is 22.2 Å². The highest BCUT2D eigenvalue weighted by Gasteiger charge is 2.25. The van der Waals surface area contributed by atoms with Crippen LogP contribution in [-0.2, 0) is 4.74 Å². The van der Waals surface area contributed by atoms with Crippen LogP contribution in [0.2, 0.25) is 0 Å². The number of nitrogens with zero attached hydrogens (tertiary/aromatic N) is 3. The molecule has 1 aliphatic rings. The molecule has 0 aliphatic heterocycles. The summed E-state index contributed by atoms with van der Waals surface area (Å²) in [5.41, 5.74) is 2.96. The van der Waals surface area contributed by atoms with Gasteiger partial charge in [0.1, 0.15) is 6.33 Å². The van der Waals surface area contributed by atoms with Gasteiger partial charge in [0.25, 0.3) is 5.91 Å². The van der Waals surface area contributed by atoms with Crippen molar-refractivity contribution in [2.75, 3.05) is 6.61 Å². The Morgan fingerprint density at radius 1 is 1.32 bits per heavy atom. The first-order chi connectivity index (χ1) is 12.1. The summed E-state index contributed by atoms with van der Waals surface area (Å²) in [5, 5.41) is 3.13.